The molecule has 140 valence electrons. The second kappa shape index (κ2) is 9.01. The summed E-state index contributed by atoms with van der Waals surface area (Å²) in [5.74, 6) is 1.91. The van der Waals surface area contributed by atoms with E-state index in [1.54, 1.807) is 18.9 Å². The van der Waals surface area contributed by atoms with Crippen LogP contribution in [0, 0.1) is 13.8 Å². The van der Waals surface area contributed by atoms with Crippen molar-refractivity contribution in [3.63, 3.8) is 0 Å². The van der Waals surface area contributed by atoms with E-state index in [4.69, 9.17) is 4.74 Å². The highest BCUT2D eigenvalue weighted by Crippen LogP contribution is 2.28. The maximum Gasteiger partial charge on any atom is 0.236 e. The van der Waals surface area contributed by atoms with E-state index in [-0.39, 0.29) is 5.91 Å². The lowest BCUT2D eigenvalue weighted by atomic mass is 10.1. The molecule has 0 radical (unpaired) electrons. The SMILES string of the molecule is COc1ccc(-c2nnc(NC(=O)CSCc3cc(C)cc(C)c3)s2)cc1. The number of benzene rings is 2. The molecule has 0 fully saturated rings. The quantitative estimate of drug-likeness (QED) is 0.624. The van der Waals surface area contributed by atoms with E-state index in [1.807, 2.05) is 24.3 Å². The Kier molecular flexibility index (Phi) is 6.47. The number of carbonyl (C=O) groups excluding carboxylic acids is 1. The van der Waals surface area contributed by atoms with Gasteiger partial charge in [-0.05, 0) is 43.7 Å². The second-order valence-electron chi connectivity index (χ2n) is 6.18. The van der Waals surface area contributed by atoms with E-state index in [0.29, 0.717) is 10.9 Å². The van der Waals surface area contributed by atoms with Crippen molar-refractivity contribution in [2.45, 2.75) is 19.6 Å². The van der Waals surface area contributed by atoms with Crippen molar-refractivity contribution in [3.05, 3.63) is 59.2 Å². The van der Waals surface area contributed by atoms with Gasteiger partial charge in [0.1, 0.15) is 10.8 Å². The standard InChI is InChI=1S/C20H21N3O2S2/c1-13-8-14(2)10-15(9-13)11-26-12-18(24)21-20-23-22-19(27-20)16-4-6-17(25-3)7-5-16/h4-10H,11-12H2,1-3H3,(H,21,23,24). The average Bonchev–Trinajstić information content (AvgIpc) is 3.09. The minimum absolute atomic E-state index is 0.0678. The van der Waals surface area contributed by atoms with Crippen molar-refractivity contribution in [2.75, 3.05) is 18.2 Å². The van der Waals surface area contributed by atoms with Crippen LogP contribution in [0.5, 0.6) is 5.75 Å². The first-order valence-electron chi connectivity index (χ1n) is 8.46. The molecule has 3 rings (SSSR count). The van der Waals surface area contributed by atoms with Crippen molar-refractivity contribution < 1.29 is 9.53 Å². The van der Waals surface area contributed by atoms with Gasteiger partial charge in [-0.25, -0.2) is 0 Å². The normalized spacial score (nSPS) is 10.6. The molecule has 5 nitrogen and oxygen atoms in total. The number of nitrogens with zero attached hydrogens (tertiary/aromatic N) is 2. The van der Waals surface area contributed by atoms with E-state index < -0.39 is 0 Å². The number of aromatic nitrogens is 2. The van der Waals surface area contributed by atoms with Crippen molar-refractivity contribution >= 4 is 34.1 Å². The largest absolute Gasteiger partial charge is 0.497 e. The first-order valence-corrected chi connectivity index (χ1v) is 10.4. The molecule has 27 heavy (non-hydrogen) atoms. The lowest BCUT2D eigenvalue weighted by Gasteiger charge is -2.05. The van der Waals surface area contributed by atoms with Crippen LogP contribution in [0.1, 0.15) is 16.7 Å². The van der Waals surface area contributed by atoms with E-state index in [0.717, 1.165) is 22.1 Å². The van der Waals surface area contributed by atoms with Crippen LogP contribution in [0.15, 0.2) is 42.5 Å². The number of thioether (sulfide) groups is 1. The highest BCUT2D eigenvalue weighted by Gasteiger charge is 2.10. The Morgan fingerprint density at radius 2 is 1.81 bits per heavy atom. The van der Waals surface area contributed by atoms with Gasteiger partial charge in [0.05, 0.1) is 12.9 Å². The van der Waals surface area contributed by atoms with Crippen LogP contribution >= 0.6 is 23.1 Å². The Hall–Kier alpha value is -2.38. The zero-order valence-electron chi connectivity index (χ0n) is 15.5. The monoisotopic (exact) mass is 399 g/mol. The Bertz CT molecular complexity index is 903. The number of methoxy groups -OCH3 is 1. The van der Waals surface area contributed by atoms with Gasteiger partial charge in [-0.3, -0.25) is 10.1 Å². The molecule has 0 atom stereocenters. The van der Waals surface area contributed by atoms with Crippen LogP contribution in [0.3, 0.4) is 0 Å². The molecule has 1 N–H and O–H groups in total. The van der Waals surface area contributed by atoms with Crippen LogP contribution in [-0.2, 0) is 10.5 Å². The third kappa shape index (κ3) is 5.55. The first-order chi connectivity index (χ1) is 13.0. The van der Waals surface area contributed by atoms with Gasteiger partial charge in [0, 0.05) is 11.3 Å². The van der Waals surface area contributed by atoms with Gasteiger partial charge >= 0.3 is 0 Å². The van der Waals surface area contributed by atoms with Crippen molar-refractivity contribution in [3.8, 4) is 16.3 Å². The molecule has 0 unspecified atom stereocenters. The lowest BCUT2D eigenvalue weighted by Crippen LogP contribution is -2.14. The highest BCUT2D eigenvalue weighted by atomic mass is 32.2. The number of ether oxygens (including phenoxy) is 1. The molecule has 0 aliphatic rings. The lowest BCUT2D eigenvalue weighted by molar-refractivity contribution is -0.113. The predicted octanol–water partition coefficient (Wildman–Crippen LogP) is 4.70. The van der Waals surface area contributed by atoms with Gasteiger partial charge in [-0.15, -0.1) is 22.0 Å². The zero-order chi connectivity index (χ0) is 19.2. The molecule has 0 spiro atoms. The minimum atomic E-state index is -0.0678. The summed E-state index contributed by atoms with van der Waals surface area (Å²) in [6, 6.07) is 14.1. The summed E-state index contributed by atoms with van der Waals surface area (Å²) in [6.07, 6.45) is 0. The molecule has 1 amide bonds. The van der Waals surface area contributed by atoms with E-state index in [9.17, 15) is 4.79 Å². The van der Waals surface area contributed by atoms with Crippen molar-refractivity contribution in [1.29, 1.82) is 0 Å². The fourth-order valence-corrected chi connectivity index (χ4v) is 4.22. The molecule has 0 bridgehead atoms. The fourth-order valence-electron chi connectivity index (χ4n) is 2.69. The molecule has 0 aliphatic carbocycles. The third-order valence-electron chi connectivity index (χ3n) is 3.79. The summed E-state index contributed by atoms with van der Waals surface area (Å²) < 4.78 is 5.15. The maximum absolute atomic E-state index is 12.2. The number of anilines is 1. The predicted molar refractivity (Wildman–Crippen MR) is 113 cm³/mol. The van der Waals surface area contributed by atoms with E-state index in [1.165, 1.54) is 28.0 Å². The molecule has 1 aromatic heterocycles. The van der Waals surface area contributed by atoms with Crippen LogP contribution in [0.4, 0.5) is 5.13 Å². The molecule has 0 saturated heterocycles. The second-order valence-corrected chi connectivity index (χ2v) is 8.14. The van der Waals surface area contributed by atoms with Gasteiger partial charge in [0.15, 0.2) is 0 Å². The smallest absolute Gasteiger partial charge is 0.236 e. The molecule has 3 aromatic rings. The molecule has 7 heteroatoms. The van der Waals surface area contributed by atoms with Crippen molar-refractivity contribution in [1.82, 2.24) is 10.2 Å². The average molecular weight is 400 g/mol. The van der Waals surface area contributed by atoms with Gasteiger partial charge < -0.3 is 4.74 Å². The van der Waals surface area contributed by atoms with Crippen molar-refractivity contribution in [2.24, 2.45) is 0 Å². The van der Waals surface area contributed by atoms with E-state index in [2.05, 4.69) is 47.6 Å². The third-order valence-corrected chi connectivity index (χ3v) is 5.68. The first kappa shape index (κ1) is 19.4. The topological polar surface area (TPSA) is 64.1 Å². The van der Waals surface area contributed by atoms with Crippen LogP contribution in [0.2, 0.25) is 0 Å². The van der Waals surface area contributed by atoms with Gasteiger partial charge in [0.25, 0.3) is 0 Å². The number of rotatable bonds is 7. The Morgan fingerprint density at radius 1 is 1.11 bits per heavy atom. The Balaban J connectivity index is 1.51. The summed E-state index contributed by atoms with van der Waals surface area (Å²) in [4.78, 5) is 12.2. The number of hydrogen-bond donors (Lipinski definition) is 1. The maximum atomic E-state index is 12.2. The number of hydrogen-bond acceptors (Lipinski definition) is 6. The van der Waals surface area contributed by atoms with Crippen LogP contribution in [-0.4, -0.2) is 29.0 Å². The summed E-state index contributed by atoms with van der Waals surface area (Å²) in [7, 11) is 1.63. The van der Waals surface area contributed by atoms with Gasteiger partial charge in [-0.2, -0.15) is 0 Å². The van der Waals surface area contributed by atoms with Crippen LogP contribution in [0.25, 0.3) is 10.6 Å². The van der Waals surface area contributed by atoms with Gasteiger partial charge in [0.2, 0.25) is 11.0 Å². The summed E-state index contributed by atoms with van der Waals surface area (Å²) in [6.45, 7) is 4.17. The zero-order valence-corrected chi connectivity index (χ0v) is 17.1. The summed E-state index contributed by atoms with van der Waals surface area (Å²) in [5, 5.41) is 12.3. The Labute approximate surface area is 167 Å². The molecular weight excluding hydrogens is 378 g/mol. The van der Waals surface area contributed by atoms with Gasteiger partial charge in [-0.1, -0.05) is 40.7 Å². The molecule has 1 heterocycles. The van der Waals surface area contributed by atoms with E-state index >= 15 is 0 Å². The Morgan fingerprint density at radius 3 is 2.48 bits per heavy atom. The summed E-state index contributed by atoms with van der Waals surface area (Å²) >= 11 is 2.95. The molecule has 0 aliphatic heterocycles. The minimum Gasteiger partial charge on any atom is -0.497 e. The number of aryl methyl sites for hydroxylation is 2. The molecule has 0 saturated carbocycles. The number of amides is 1. The summed E-state index contributed by atoms with van der Waals surface area (Å²) in [5.41, 5.74) is 4.67. The number of carbonyl (C=O) groups is 1. The highest BCUT2D eigenvalue weighted by molar-refractivity contribution is 7.99. The molecular formula is C20H21N3O2S2. The molecule has 2 aromatic carbocycles. The fraction of sp³-hybridized carbons (Fsp3) is 0.250. The number of nitrogens with one attached hydrogen (secondary N) is 1. The van der Waals surface area contributed by atoms with Crippen LogP contribution < -0.4 is 10.1 Å².